The van der Waals surface area contributed by atoms with Gasteiger partial charge in [-0.15, -0.1) is 0 Å². The molecule has 2 saturated heterocycles. The van der Waals surface area contributed by atoms with Crippen molar-refractivity contribution in [3.05, 3.63) is 0 Å². The molecular weight excluding hydrogens is 228 g/mol. The van der Waals surface area contributed by atoms with Crippen LogP contribution < -0.4 is 5.32 Å². The Labute approximate surface area is 110 Å². The van der Waals surface area contributed by atoms with Crippen LogP contribution in [0.1, 0.15) is 45.4 Å². The molecule has 2 aliphatic rings. The molecular formula is C14H26N2O2. The number of fused-ring (bicyclic) bond motifs is 1. The lowest BCUT2D eigenvalue weighted by atomic mass is 10.1. The molecule has 0 spiro atoms. The van der Waals surface area contributed by atoms with Crippen molar-refractivity contribution < 1.29 is 9.53 Å². The van der Waals surface area contributed by atoms with Crippen molar-refractivity contribution in [2.24, 2.45) is 0 Å². The van der Waals surface area contributed by atoms with Crippen LogP contribution in [-0.4, -0.2) is 49.2 Å². The van der Waals surface area contributed by atoms with Crippen LogP contribution in [0.15, 0.2) is 0 Å². The molecule has 18 heavy (non-hydrogen) atoms. The van der Waals surface area contributed by atoms with E-state index in [0.717, 1.165) is 39.1 Å². The van der Waals surface area contributed by atoms with Crippen LogP contribution in [-0.2, 0) is 9.53 Å². The Balaban J connectivity index is 1.56. The second kappa shape index (κ2) is 7.10. The molecule has 0 aromatic rings. The van der Waals surface area contributed by atoms with Crippen molar-refractivity contribution in [3.63, 3.8) is 0 Å². The molecule has 1 amide bonds. The summed E-state index contributed by atoms with van der Waals surface area (Å²) >= 11 is 0. The number of carbonyl (C=O) groups is 1. The molecule has 104 valence electrons. The molecule has 4 heteroatoms. The van der Waals surface area contributed by atoms with Crippen molar-refractivity contribution in [1.29, 1.82) is 0 Å². The van der Waals surface area contributed by atoms with Gasteiger partial charge in [0.25, 0.3) is 0 Å². The maximum Gasteiger partial charge on any atom is 0.224 e. The number of unbranched alkanes of at least 4 members (excludes halogenated alkanes) is 1. The average molecular weight is 254 g/mol. The van der Waals surface area contributed by atoms with E-state index in [1.807, 2.05) is 0 Å². The highest BCUT2D eigenvalue weighted by Crippen LogP contribution is 2.28. The quantitative estimate of drug-likeness (QED) is 0.668. The van der Waals surface area contributed by atoms with E-state index in [1.54, 1.807) is 0 Å². The normalized spacial score (nSPS) is 26.9. The highest BCUT2D eigenvalue weighted by atomic mass is 16.5. The first-order valence-corrected chi connectivity index (χ1v) is 7.43. The maximum atomic E-state index is 11.7. The van der Waals surface area contributed by atoms with E-state index in [1.165, 1.54) is 19.3 Å². The lowest BCUT2D eigenvalue weighted by Gasteiger charge is -2.21. The van der Waals surface area contributed by atoms with Gasteiger partial charge in [-0.3, -0.25) is 4.79 Å². The monoisotopic (exact) mass is 254 g/mol. The third kappa shape index (κ3) is 3.45. The first-order chi connectivity index (χ1) is 8.83. The van der Waals surface area contributed by atoms with E-state index >= 15 is 0 Å². The van der Waals surface area contributed by atoms with E-state index in [9.17, 15) is 4.79 Å². The molecule has 0 radical (unpaired) electrons. The number of carbonyl (C=O) groups excluding carboxylic acids is 1. The van der Waals surface area contributed by atoms with Gasteiger partial charge in [0, 0.05) is 38.3 Å². The van der Waals surface area contributed by atoms with Gasteiger partial charge in [-0.25, -0.2) is 0 Å². The second-order valence-electron chi connectivity index (χ2n) is 5.38. The van der Waals surface area contributed by atoms with Crippen molar-refractivity contribution >= 4 is 5.91 Å². The fraction of sp³-hybridized carbons (Fsp3) is 0.929. The molecule has 0 aliphatic carbocycles. The molecule has 0 saturated carbocycles. The SMILES string of the molecule is CCCCOCCCNC1CC(=O)N2CCCC12. The summed E-state index contributed by atoms with van der Waals surface area (Å²) in [6, 6.07) is 0.856. The van der Waals surface area contributed by atoms with E-state index in [-0.39, 0.29) is 0 Å². The molecule has 0 bridgehead atoms. The summed E-state index contributed by atoms with van der Waals surface area (Å²) in [6.45, 7) is 5.84. The minimum absolute atomic E-state index is 0.342. The Hall–Kier alpha value is -0.610. The summed E-state index contributed by atoms with van der Waals surface area (Å²) in [4.78, 5) is 13.8. The zero-order valence-electron chi connectivity index (χ0n) is 11.5. The second-order valence-corrected chi connectivity index (χ2v) is 5.38. The van der Waals surface area contributed by atoms with Gasteiger partial charge < -0.3 is 15.0 Å². The van der Waals surface area contributed by atoms with Gasteiger partial charge in [-0.1, -0.05) is 13.3 Å². The first-order valence-electron chi connectivity index (χ1n) is 7.43. The van der Waals surface area contributed by atoms with Gasteiger partial charge in [0.2, 0.25) is 5.91 Å². The molecule has 4 nitrogen and oxygen atoms in total. The average Bonchev–Trinajstić information content (AvgIpc) is 2.94. The molecule has 2 unspecified atom stereocenters. The van der Waals surface area contributed by atoms with Crippen LogP contribution >= 0.6 is 0 Å². The van der Waals surface area contributed by atoms with Gasteiger partial charge in [-0.2, -0.15) is 0 Å². The summed E-state index contributed by atoms with van der Waals surface area (Å²) < 4.78 is 5.53. The van der Waals surface area contributed by atoms with Crippen molar-refractivity contribution in [1.82, 2.24) is 10.2 Å². The largest absolute Gasteiger partial charge is 0.381 e. The summed E-state index contributed by atoms with van der Waals surface area (Å²) in [5.41, 5.74) is 0. The Bertz CT molecular complexity index is 271. The Morgan fingerprint density at radius 2 is 2.22 bits per heavy atom. The Morgan fingerprint density at radius 3 is 3.06 bits per heavy atom. The fourth-order valence-electron chi connectivity index (χ4n) is 2.98. The van der Waals surface area contributed by atoms with Crippen molar-refractivity contribution in [3.8, 4) is 0 Å². The minimum Gasteiger partial charge on any atom is -0.381 e. The van der Waals surface area contributed by atoms with Gasteiger partial charge >= 0.3 is 0 Å². The highest BCUT2D eigenvalue weighted by Gasteiger charge is 2.41. The van der Waals surface area contributed by atoms with E-state index in [2.05, 4.69) is 17.1 Å². The zero-order valence-corrected chi connectivity index (χ0v) is 11.5. The lowest BCUT2D eigenvalue weighted by molar-refractivity contribution is -0.127. The molecule has 2 fully saturated rings. The van der Waals surface area contributed by atoms with Crippen LogP contribution in [0.3, 0.4) is 0 Å². The third-order valence-corrected chi connectivity index (χ3v) is 3.99. The van der Waals surface area contributed by atoms with Crippen molar-refractivity contribution in [2.45, 2.75) is 57.5 Å². The van der Waals surface area contributed by atoms with Crippen LogP contribution in [0.4, 0.5) is 0 Å². The topological polar surface area (TPSA) is 41.6 Å². The van der Waals surface area contributed by atoms with Crippen LogP contribution in [0, 0.1) is 0 Å². The predicted molar refractivity (Wildman–Crippen MR) is 71.5 cm³/mol. The standard InChI is InChI=1S/C14H26N2O2/c1-2-3-9-18-10-5-7-15-12-11-14(17)16-8-4-6-13(12)16/h12-13,15H,2-11H2,1H3. The van der Waals surface area contributed by atoms with Crippen LogP contribution in [0.25, 0.3) is 0 Å². The number of hydrogen-bond donors (Lipinski definition) is 1. The summed E-state index contributed by atoms with van der Waals surface area (Å²) in [7, 11) is 0. The zero-order chi connectivity index (χ0) is 12.8. The maximum absolute atomic E-state index is 11.7. The number of amides is 1. The lowest BCUT2D eigenvalue weighted by Crippen LogP contribution is -2.39. The van der Waals surface area contributed by atoms with Gasteiger partial charge in [0.1, 0.15) is 0 Å². The van der Waals surface area contributed by atoms with E-state index < -0.39 is 0 Å². The summed E-state index contributed by atoms with van der Waals surface area (Å²) in [5.74, 6) is 0.342. The minimum atomic E-state index is 0.342. The van der Waals surface area contributed by atoms with E-state index in [4.69, 9.17) is 4.74 Å². The summed E-state index contributed by atoms with van der Waals surface area (Å²) in [5, 5.41) is 3.53. The van der Waals surface area contributed by atoms with Crippen LogP contribution in [0.5, 0.6) is 0 Å². The predicted octanol–water partition coefficient (Wildman–Crippen LogP) is 1.55. The highest BCUT2D eigenvalue weighted by molar-refractivity contribution is 5.80. The van der Waals surface area contributed by atoms with Crippen LogP contribution in [0.2, 0.25) is 0 Å². The third-order valence-electron chi connectivity index (χ3n) is 3.99. The number of nitrogens with zero attached hydrogens (tertiary/aromatic N) is 1. The van der Waals surface area contributed by atoms with Crippen molar-refractivity contribution in [2.75, 3.05) is 26.3 Å². The van der Waals surface area contributed by atoms with Gasteiger partial charge in [0.15, 0.2) is 0 Å². The van der Waals surface area contributed by atoms with Gasteiger partial charge in [-0.05, 0) is 32.2 Å². The molecule has 2 heterocycles. The molecule has 2 atom stereocenters. The molecule has 2 aliphatic heterocycles. The number of ether oxygens (including phenoxy) is 1. The molecule has 2 rings (SSSR count). The Morgan fingerprint density at radius 1 is 1.39 bits per heavy atom. The molecule has 0 aromatic carbocycles. The van der Waals surface area contributed by atoms with E-state index in [0.29, 0.717) is 24.4 Å². The molecule has 0 aromatic heterocycles. The smallest absolute Gasteiger partial charge is 0.224 e. The number of hydrogen-bond acceptors (Lipinski definition) is 3. The first kappa shape index (κ1) is 13.8. The fourth-order valence-corrected chi connectivity index (χ4v) is 2.98. The van der Waals surface area contributed by atoms with Gasteiger partial charge in [0.05, 0.1) is 0 Å². The molecule has 1 N–H and O–H groups in total. The number of nitrogens with one attached hydrogen (secondary N) is 1. The summed E-state index contributed by atoms with van der Waals surface area (Å²) in [6.07, 6.45) is 6.44. The number of rotatable bonds is 8. The Kier molecular flexibility index (Phi) is 5.45.